The lowest BCUT2D eigenvalue weighted by molar-refractivity contribution is 0.0283. The SMILES string of the molecule is CCCCC(C)(C)C1CCCN(C(C)(C)C)C1. The molecule has 1 unspecified atom stereocenters. The first-order valence-corrected chi connectivity index (χ1v) is 7.52. The summed E-state index contributed by atoms with van der Waals surface area (Å²) >= 11 is 0. The number of hydrogen-bond acceptors (Lipinski definition) is 1. The third-order valence-electron chi connectivity index (χ3n) is 4.65. The molecule has 1 heteroatoms. The van der Waals surface area contributed by atoms with E-state index in [-0.39, 0.29) is 0 Å². The van der Waals surface area contributed by atoms with Gasteiger partial charge in [0.2, 0.25) is 0 Å². The fraction of sp³-hybridized carbons (Fsp3) is 1.00. The van der Waals surface area contributed by atoms with Crippen molar-refractivity contribution in [1.29, 1.82) is 0 Å². The first-order valence-electron chi connectivity index (χ1n) is 7.52. The fourth-order valence-electron chi connectivity index (χ4n) is 3.06. The molecule has 0 amide bonds. The van der Waals surface area contributed by atoms with Gasteiger partial charge in [0, 0.05) is 12.1 Å². The fourth-order valence-corrected chi connectivity index (χ4v) is 3.06. The summed E-state index contributed by atoms with van der Waals surface area (Å²) in [4.78, 5) is 2.69. The summed E-state index contributed by atoms with van der Waals surface area (Å²) in [5.41, 5.74) is 0.874. The van der Waals surface area contributed by atoms with Crippen LogP contribution in [0.4, 0.5) is 0 Å². The molecule has 0 aromatic carbocycles. The monoisotopic (exact) mass is 239 g/mol. The van der Waals surface area contributed by atoms with E-state index in [1.54, 1.807) is 0 Å². The van der Waals surface area contributed by atoms with Gasteiger partial charge in [-0.2, -0.15) is 0 Å². The summed E-state index contributed by atoms with van der Waals surface area (Å²) in [6, 6.07) is 0. The van der Waals surface area contributed by atoms with Crippen LogP contribution in [0.1, 0.15) is 73.6 Å². The van der Waals surface area contributed by atoms with Crippen molar-refractivity contribution in [2.24, 2.45) is 11.3 Å². The standard InChI is InChI=1S/C16H33N/c1-7-8-11-16(5,6)14-10-9-12-17(13-14)15(2,3)4/h14H,7-13H2,1-6H3. The van der Waals surface area contributed by atoms with E-state index in [9.17, 15) is 0 Å². The van der Waals surface area contributed by atoms with Crippen molar-refractivity contribution in [3.05, 3.63) is 0 Å². The van der Waals surface area contributed by atoms with E-state index >= 15 is 0 Å². The van der Waals surface area contributed by atoms with Crippen molar-refractivity contribution in [3.63, 3.8) is 0 Å². The highest BCUT2D eigenvalue weighted by molar-refractivity contribution is 4.88. The number of hydrogen-bond donors (Lipinski definition) is 0. The molecule has 0 N–H and O–H groups in total. The maximum Gasteiger partial charge on any atom is 0.0125 e. The van der Waals surface area contributed by atoms with Crippen molar-refractivity contribution in [3.8, 4) is 0 Å². The second-order valence-electron chi connectivity index (χ2n) is 7.55. The number of unbranched alkanes of at least 4 members (excludes halogenated alkanes) is 1. The van der Waals surface area contributed by atoms with Crippen molar-refractivity contribution in [2.45, 2.75) is 79.2 Å². The molecular formula is C16H33N. The van der Waals surface area contributed by atoms with E-state index in [0.29, 0.717) is 11.0 Å². The smallest absolute Gasteiger partial charge is 0.0125 e. The van der Waals surface area contributed by atoms with Gasteiger partial charge in [-0.25, -0.2) is 0 Å². The van der Waals surface area contributed by atoms with Gasteiger partial charge in [-0.05, 0) is 57.9 Å². The predicted molar refractivity (Wildman–Crippen MR) is 77.4 cm³/mol. The molecule has 0 aromatic heterocycles. The zero-order valence-electron chi connectivity index (χ0n) is 13.0. The molecule has 17 heavy (non-hydrogen) atoms. The van der Waals surface area contributed by atoms with Gasteiger partial charge in [-0.1, -0.05) is 33.6 Å². The highest BCUT2D eigenvalue weighted by atomic mass is 15.2. The lowest BCUT2D eigenvalue weighted by Crippen LogP contribution is -2.50. The minimum absolute atomic E-state index is 0.347. The number of rotatable bonds is 4. The third kappa shape index (κ3) is 4.28. The molecule has 1 aliphatic heterocycles. The van der Waals surface area contributed by atoms with Gasteiger partial charge in [-0.15, -0.1) is 0 Å². The molecule has 0 aromatic rings. The van der Waals surface area contributed by atoms with E-state index in [4.69, 9.17) is 0 Å². The van der Waals surface area contributed by atoms with Crippen LogP contribution in [-0.4, -0.2) is 23.5 Å². The Morgan fingerprint density at radius 3 is 2.29 bits per heavy atom. The van der Waals surface area contributed by atoms with E-state index in [2.05, 4.69) is 46.4 Å². The number of nitrogens with zero attached hydrogens (tertiary/aromatic N) is 1. The third-order valence-corrected chi connectivity index (χ3v) is 4.65. The lowest BCUT2D eigenvalue weighted by atomic mass is 9.71. The molecule has 0 aliphatic carbocycles. The van der Waals surface area contributed by atoms with Crippen LogP contribution in [0.5, 0.6) is 0 Å². The van der Waals surface area contributed by atoms with Crippen LogP contribution < -0.4 is 0 Å². The summed E-state index contributed by atoms with van der Waals surface area (Å²) in [6.45, 7) is 16.9. The summed E-state index contributed by atoms with van der Waals surface area (Å²) in [6.07, 6.45) is 6.94. The Labute approximate surface area is 109 Å². The maximum atomic E-state index is 2.69. The van der Waals surface area contributed by atoms with Crippen LogP contribution in [0.15, 0.2) is 0 Å². The summed E-state index contributed by atoms with van der Waals surface area (Å²) in [7, 11) is 0. The highest BCUT2D eigenvalue weighted by Gasteiger charge is 2.35. The van der Waals surface area contributed by atoms with Crippen LogP contribution in [-0.2, 0) is 0 Å². The summed E-state index contributed by atoms with van der Waals surface area (Å²) in [5, 5.41) is 0. The first-order chi connectivity index (χ1) is 7.77. The molecule has 0 radical (unpaired) electrons. The second kappa shape index (κ2) is 5.73. The van der Waals surface area contributed by atoms with E-state index < -0.39 is 0 Å². The molecule has 1 nitrogen and oxygen atoms in total. The Morgan fingerprint density at radius 2 is 1.76 bits per heavy atom. The van der Waals surface area contributed by atoms with Crippen LogP contribution in [0.25, 0.3) is 0 Å². The van der Waals surface area contributed by atoms with Gasteiger partial charge >= 0.3 is 0 Å². The average molecular weight is 239 g/mol. The van der Waals surface area contributed by atoms with Crippen molar-refractivity contribution < 1.29 is 0 Å². The summed E-state index contributed by atoms with van der Waals surface area (Å²) in [5.74, 6) is 0.891. The zero-order chi connectivity index (χ0) is 13.1. The molecular weight excluding hydrogens is 206 g/mol. The molecule has 1 heterocycles. The Kier molecular flexibility index (Phi) is 5.07. The highest BCUT2D eigenvalue weighted by Crippen LogP contribution is 2.39. The lowest BCUT2D eigenvalue weighted by Gasteiger charge is -2.46. The van der Waals surface area contributed by atoms with E-state index in [1.165, 1.54) is 45.2 Å². The Hall–Kier alpha value is -0.0400. The molecule has 0 saturated carbocycles. The first kappa shape index (κ1) is 15.0. The molecule has 1 fully saturated rings. The predicted octanol–water partition coefficient (Wildman–Crippen LogP) is 4.71. The van der Waals surface area contributed by atoms with Crippen molar-refractivity contribution in [2.75, 3.05) is 13.1 Å². The molecule has 1 rings (SSSR count). The molecule has 1 saturated heterocycles. The van der Waals surface area contributed by atoms with Gasteiger partial charge < -0.3 is 0 Å². The molecule has 1 atom stereocenters. The van der Waals surface area contributed by atoms with Gasteiger partial charge in [0.25, 0.3) is 0 Å². The average Bonchev–Trinajstić information content (AvgIpc) is 2.25. The maximum absolute atomic E-state index is 2.69. The van der Waals surface area contributed by atoms with Crippen molar-refractivity contribution >= 4 is 0 Å². The topological polar surface area (TPSA) is 3.24 Å². The van der Waals surface area contributed by atoms with E-state index in [0.717, 1.165) is 5.92 Å². The minimum Gasteiger partial charge on any atom is -0.298 e. The quantitative estimate of drug-likeness (QED) is 0.686. The van der Waals surface area contributed by atoms with Gasteiger partial charge in [0.15, 0.2) is 0 Å². The normalized spacial score (nSPS) is 24.0. The Balaban J connectivity index is 2.59. The minimum atomic E-state index is 0.347. The largest absolute Gasteiger partial charge is 0.298 e. The van der Waals surface area contributed by atoms with Crippen LogP contribution >= 0.6 is 0 Å². The van der Waals surface area contributed by atoms with Crippen LogP contribution in [0, 0.1) is 11.3 Å². The number of piperidine rings is 1. The molecule has 1 aliphatic rings. The van der Waals surface area contributed by atoms with Gasteiger partial charge in [0.05, 0.1) is 0 Å². The zero-order valence-corrected chi connectivity index (χ0v) is 13.0. The number of likely N-dealkylation sites (tertiary alicyclic amines) is 1. The van der Waals surface area contributed by atoms with Gasteiger partial charge in [-0.3, -0.25) is 4.90 Å². The second-order valence-corrected chi connectivity index (χ2v) is 7.55. The Morgan fingerprint density at radius 1 is 1.12 bits per heavy atom. The van der Waals surface area contributed by atoms with Crippen LogP contribution in [0.3, 0.4) is 0 Å². The molecule has 0 spiro atoms. The summed E-state index contributed by atoms with van der Waals surface area (Å²) < 4.78 is 0. The Bertz CT molecular complexity index is 224. The molecule has 0 bridgehead atoms. The van der Waals surface area contributed by atoms with E-state index in [1.807, 2.05) is 0 Å². The van der Waals surface area contributed by atoms with Crippen molar-refractivity contribution in [1.82, 2.24) is 4.90 Å². The molecule has 102 valence electrons. The van der Waals surface area contributed by atoms with Crippen LogP contribution in [0.2, 0.25) is 0 Å². The van der Waals surface area contributed by atoms with Gasteiger partial charge in [0.1, 0.15) is 0 Å².